The number of amidine groups is 1. The van der Waals surface area contributed by atoms with E-state index in [9.17, 15) is 9.59 Å². The first-order chi connectivity index (χ1) is 15.7. The van der Waals surface area contributed by atoms with Crippen LogP contribution in [0.5, 0.6) is 0 Å². The van der Waals surface area contributed by atoms with Crippen molar-refractivity contribution in [3.8, 4) is 0 Å². The molecule has 10 heteroatoms. The van der Waals surface area contributed by atoms with E-state index in [2.05, 4.69) is 15.2 Å². The van der Waals surface area contributed by atoms with Crippen molar-refractivity contribution in [2.75, 3.05) is 18.0 Å². The fourth-order valence-electron chi connectivity index (χ4n) is 5.46. The van der Waals surface area contributed by atoms with Crippen LogP contribution in [0.15, 0.2) is 17.1 Å². The lowest BCUT2D eigenvalue weighted by Gasteiger charge is -2.53. The Morgan fingerprint density at radius 1 is 1.21 bits per heavy atom. The largest absolute Gasteiger partial charge is 0.412 e. The van der Waals surface area contributed by atoms with E-state index < -0.39 is 5.92 Å². The fraction of sp³-hybridized carbons (Fsp3) is 0.565. The molecule has 2 amide bonds. The minimum atomic E-state index is -0.535. The summed E-state index contributed by atoms with van der Waals surface area (Å²) in [5, 5.41) is 11.3. The average molecular weight is 492 g/mol. The van der Waals surface area contributed by atoms with Gasteiger partial charge in [-0.15, -0.1) is 0 Å². The van der Waals surface area contributed by atoms with Gasteiger partial charge in [-0.2, -0.15) is 0 Å². The highest BCUT2D eigenvalue weighted by atomic mass is 35.5. The summed E-state index contributed by atoms with van der Waals surface area (Å²) in [5.41, 5.74) is 7.81. The Morgan fingerprint density at radius 3 is 2.45 bits per heavy atom. The predicted molar refractivity (Wildman–Crippen MR) is 127 cm³/mol. The maximum Gasteiger partial charge on any atom is 0.288 e. The lowest BCUT2D eigenvalue weighted by Crippen LogP contribution is -2.51. The third kappa shape index (κ3) is 4.30. The summed E-state index contributed by atoms with van der Waals surface area (Å²) in [6.45, 7) is 1.24. The van der Waals surface area contributed by atoms with E-state index in [1.807, 2.05) is 0 Å². The second kappa shape index (κ2) is 8.47. The molecule has 4 aliphatic rings. The van der Waals surface area contributed by atoms with Crippen molar-refractivity contribution in [3.05, 3.63) is 27.7 Å². The third-order valence-corrected chi connectivity index (χ3v) is 8.17. The Hall–Kier alpha value is -2.32. The van der Waals surface area contributed by atoms with Gasteiger partial charge in [0.25, 0.3) is 6.02 Å². The van der Waals surface area contributed by atoms with Gasteiger partial charge in [-0.25, -0.2) is 4.99 Å². The molecule has 2 aliphatic carbocycles. The number of nitrogens with zero attached hydrogens (tertiary/aromatic N) is 2. The molecule has 1 aromatic rings. The minimum Gasteiger partial charge on any atom is -0.412 e. The monoisotopic (exact) mass is 491 g/mol. The Bertz CT molecular complexity index is 1020. The standard InChI is InChI=1S/C23H27Cl2N5O3/c24-16-6-14(7-17(25)19(16)15-2-3-18(31)29-21(15)32)30-10-13(11-30)28-22(27)33-20(26)12-8-23(9-12)4-1-5-23/h6-7,12-13,15,26H,1-5,8-11H2,(H2,27,28)(H,29,31,32). The highest BCUT2D eigenvalue weighted by molar-refractivity contribution is 6.37. The summed E-state index contributed by atoms with van der Waals surface area (Å²) in [7, 11) is 0. The summed E-state index contributed by atoms with van der Waals surface area (Å²) in [6.07, 6.45) is 6.58. The van der Waals surface area contributed by atoms with Crippen molar-refractivity contribution in [2.24, 2.45) is 22.1 Å². The van der Waals surface area contributed by atoms with Crippen LogP contribution in [-0.2, 0) is 14.3 Å². The second-order valence-corrected chi connectivity index (χ2v) is 10.6. The van der Waals surface area contributed by atoms with Crippen LogP contribution in [0.4, 0.5) is 5.69 Å². The number of imide groups is 1. The van der Waals surface area contributed by atoms with Gasteiger partial charge in [0.2, 0.25) is 11.8 Å². The van der Waals surface area contributed by atoms with Gasteiger partial charge in [-0.05, 0) is 49.7 Å². The van der Waals surface area contributed by atoms with Gasteiger partial charge < -0.3 is 15.4 Å². The quantitative estimate of drug-likeness (QED) is 0.337. The molecule has 1 atom stereocenters. The summed E-state index contributed by atoms with van der Waals surface area (Å²) in [5.74, 6) is -0.781. The number of carbonyl (C=O) groups excluding carboxylic acids is 2. The van der Waals surface area contributed by atoms with Crippen LogP contribution in [0.25, 0.3) is 0 Å². The lowest BCUT2D eigenvalue weighted by molar-refractivity contribution is -0.134. The third-order valence-electron chi connectivity index (χ3n) is 7.55. The maximum absolute atomic E-state index is 12.2. The molecule has 2 saturated heterocycles. The van der Waals surface area contributed by atoms with Crippen LogP contribution in [0.1, 0.15) is 56.4 Å². The van der Waals surface area contributed by atoms with Crippen molar-refractivity contribution in [3.63, 3.8) is 0 Å². The number of benzene rings is 1. The summed E-state index contributed by atoms with van der Waals surface area (Å²) >= 11 is 13.0. The van der Waals surface area contributed by atoms with E-state index in [-0.39, 0.29) is 42.1 Å². The number of halogens is 2. The minimum absolute atomic E-state index is 0.0375. The number of aliphatic imine (C=N–C) groups is 1. The van der Waals surface area contributed by atoms with Gasteiger partial charge in [0.05, 0.1) is 12.0 Å². The zero-order valence-corrected chi connectivity index (χ0v) is 19.7. The smallest absolute Gasteiger partial charge is 0.288 e. The molecule has 0 bridgehead atoms. The number of hydrogen-bond acceptors (Lipinski definition) is 6. The number of piperidine rings is 1. The zero-order chi connectivity index (χ0) is 23.3. The van der Waals surface area contributed by atoms with Crippen LogP contribution in [0.3, 0.4) is 0 Å². The van der Waals surface area contributed by atoms with Crippen molar-refractivity contribution in [2.45, 2.75) is 56.9 Å². The maximum atomic E-state index is 12.2. The number of anilines is 1. The molecule has 0 radical (unpaired) electrons. The van der Waals surface area contributed by atoms with Crippen molar-refractivity contribution >= 4 is 52.6 Å². The molecule has 4 N–H and O–H groups in total. The van der Waals surface area contributed by atoms with Crippen LogP contribution in [-0.4, -0.2) is 42.9 Å². The topological polar surface area (TPSA) is 121 Å². The molecule has 0 aromatic heterocycles. The Morgan fingerprint density at radius 2 is 1.88 bits per heavy atom. The number of nitrogens with one attached hydrogen (secondary N) is 2. The molecule has 1 aromatic carbocycles. The summed E-state index contributed by atoms with van der Waals surface area (Å²) in [4.78, 5) is 30.1. The number of rotatable bonds is 4. The van der Waals surface area contributed by atoms with E-state index in [1.54, 1.807) is 12.1 Å². The van der Waals surface area contributed by atoms with E-state index in [0.29, 0.717) is 40.5 Å². The molecule has 4 fully saturated rings. The molecule has 1 spiro atoms. The van der Waals surface area contributed by atoms with Crippen molar-refractivity contribution in [1.82, 2.24) is 5.32 Å². The second-order valence-electron chi connectivity index (χ2n) is 9.78. The first-order valence-corrected chi connectivity index (χ1v) is 12.2. The first kappa shape index (κ1) is 22.5. The molecule has 33 heavy (non-hydrogen) atoms. The Labute approximate surface area is 202 Å². The van der Waals surface area contributed by atoms with Crippen LogP contribution >= 0.6 is 23.2 Å². The normalized spacial score (nSPS) is 25.2. The molecule has 176 valence electrons. The SMILES string of the molecule is N=C(OC(N)=NC1CN(c2cc(Cl)c(C3CCC(=O)NC3=O)c(Cl)c2)C1)C1CC2(CCC2)C1. The average Bonchev–Trinajstić information content (AvgIpc) is 2.63. The molecular weight excluding hydrogens is 465 g/mol. The molecule has 2 aliphatic heterocycles. The molecule has 5 rings (SSSR count). The Balaban J connectivity index is 1.16. The lowest BCUT2D eigenvalue weighted by atomic mass is 9.52. The van der Waals surface area contributed by atoms with Gasteiger partial charge in [0, 0.05) is 46.7 Å². The van der Waals surface area contributed by atoms with Gasteiger partial charge in [-0.3, -0.25) is 20.3 Å². The van der Waals surface area contributed by atoms with Crippen LogP contribution in [0.2, 0.25) is 10.0 Å². The summed E-state index contributed by atoms with van der Waals surface area (Å²) in [6, 6.07) is 3.58. The van der Waals surface area contributed by atoms with E-state index in [1.165, 1.54) is 19.3 Å². The number of nitrogens with two attached hydrogens (primary N) is 1. The molecule has 2 saturated carbocycles. The number of hydrogen-bond donors (Lipinski definition) is 3. The van der Waals surface area contributed by atoms with E-state index >= 15 is 0 Å². The van der Waals surface area contributed by atoms with Crippen LogP contribution < -0.4 is 16.0 Å². The van der Waals surface area contributed by atoms with Gasteiger partial charge in [0.1, 0.15) is 0 Å². The highest BCUT2D eigenvalue weighted by Gasteiger charge is 2.50. The number of amides is 2. The molecule has 8 nitrogen and oxygen atoms in total. The van der Waals surface area contributed by atoms with Gasteiger partial charge >= 0.3 is 0 Å². The fourth-order valence-corrected chi connectivity index (χ4v) is 6.20. The summed E-state index contributed by atoms with van der Waals surface area (Å²) < 4.78 is 5.49. The molecular formula is C23H27Cl2N5O3. The highest BCUT2D eigenvalue weighted by Crippen LogP contribution is 2.58. The number of ether oxygens (including phenoxy) is 1. The predicted octanol–water partition coefficient (Wildman–Crippen LogP) is 3.59. The van der Waals surface area contributed by atoms with E-state index in [0.717, 1.165) is 18.5 Å². The molecule has 1 unspecified atom stereocenters. The van der Waals surface area contributed by atoms with Crippen molar-refractivity contribution in [1.29, 1.82) is 5.41 Å². The van der Waals surface area contributed by atoms with Gasteiger partial charge in [0.15, 0.2) is 5.90 Å². The molecule has 2 heterocycles. The van der Waals surface area contributed by atoms with E-state index in [4.69, 9.17) is 39.1 Å². The Kier molecular flexibility index (Phi) is 5.77. The van der Waals surface area contributed by atoms with Crippen LogP contribution in [0, 0.1) is 16.7 Å². The first-order valence-electron chi connectivity index (χ1n) is 11.4. The number of carbonyl (C=O) groups is 2. The zero-order valence-electron chi connectivity index (χ0n) is 18.2. The van der Waals surface area contributed by atoms with Gasteiger partial charge in [-0.1, -0.05) is 29.6 Å². The van der Waals surface area contributed by atoms with Crippen molar-refractivity contribution < 1.29 is 14.3 Å².